The molecule has 0 unspecified atom stereocenters. The number of rotatable bonds is 23. The minimum Gasteiger partial charge on any atom is -0.508 e. The van der Waals surface area contributed by atoms with Crippen molar-refractivity contribution in [2.24, 2.45) is 11.7 Å². The lowest BCUT2D eigenvalue weighted by atomic mass is 10.0. The first kappa shape index (κ1) is 91.3. The summed E-state index contributed by atoms with van der Waals surface area (Å²) in [5.74, 6) is 17.4. The molecule has 626 valence electrons. The van der Waals surface area contributed by atoms with Gasteiger partial charge in [-0.05, 0) is 156 Å². The van der Waals surface area contributed by atoms with Crippen LogP contribution in [0.25, 0.3) is 67.0 Å². The Labute approximate surface area is 723 Å². The van der Waals surface area contributed by atoms with Crippen molar-refractivity contribution in [1.82, 2.24) is 45.3 Å². The number of methoxy groups -OCH3 is 6. The molecular formula is C94H92N16O11S2. The number of H-pyrrole nitrogens is 2. The summed E-state index contributed by atoms with van der Waals surface area (Å²) in [5.41, 5.74) is 12.5. The van der Waals surface area contributed by atoms with Crippen LogP contribution >= 0.6 is 24.4 Å². The summed E-state index contributed by atoms with van der Waals surface area (Å²) in [4.78, 5) is 55.9. The van der Waals surface area contributed by atoms with E-state index in [1.54, 1.807) is 123 Å². The van der Waals surface area contributed by atoms with E-state index in [9.17, 15) is 24.6 Å². The smallest absolute Gasteiger partial charge is 0.222 e. The lowest BCUT2D eigenvalue weighted by Crippen LogP contribution is -2.15. The van der Waals surface area contributed by atoms with Crippen LogP contribution in [0.4, 0.5) is 40.7 Å². The van der Waals surface area contributed by atoms with Crippen LogP contribution in [0, 0.1) is 0 Å². The van der Waals surface area contributed by atoms with Crippen LogP contribution < -0.4 is 66.7 Å². The van der Waals surface area contributed by atoms with Gasteiger partial charge in [-0.25, -0.2) is 24.9 Å². The number of hydrazine groups is 1. The summed E-state index contributed by atoms with van der Waals surface area (Å²) in [5, 5.41) is 48.8. The summed E-state index contributed by atoms with van der Waals surface area (Å²) < 4.78 is 32.0. The van der Waals surface area contributed by atoms with Gasteiger partial charge >= 0.3 is 0 Å². The van der Waals surface area contributed by atoms with Crippen LogP contribution in [-0.2, 0) is 4.79 Å². The summed E-state index contributed by atoms with van der Waals surface area (Å²) in [6, 6.07) is 84.1. The van der Waals surface area contributed by atoms with E-state index in [4.69, 9.17) is 52.9 Å². The molecule has 0 fully saturated rings. The number of nitrogens with one attached hydrogen (secondary N) is 7. The van der Waals surface area contributed by atoms with E-state index in [-0.39, 0.29) is 35.4 Å². The molecule has 7 aromatic heterocycles. The molecule has 0 saturated carbocycles. The number of nitrogens with two attached hydrogens (primary N) is 2. The van der Waals surface area contributed by atoms with Gasteiger partial charge in [0.1, 0.15) is 75.1 Å². The quantitative estimate of drug-likeness (QED) is 0.0123. The molecule has 13 N–H and O–H groups in total. The highest BCUT2D eigenvalue weighted by Crippen LogP contribution is 2.38. The molecule has 0 aliphatic heterocycles. The van der Waals surface area contributed by atoms with Gasteiger partial charge in [-0.1, -0.05) is 152 Å². The first-order valence-corrected chi connectivity index (χ1v) is 38.6. The molecule has 0 aliphatic carbocycles. The van der Waals surface area contributed by atoms with Gasteiger partial charge in [-0.3, -0.25) is 36.3 Å². The van der Waals surface area contributed by atoms with E-state index in [0.717, 1.165) is 118 Å². The molecule has 8 aromatic carbocycles. The minimum absolute atomic E-state index is 0.0354. The number of benzene rings is 8. The Kier molecular flexibility index (Phi) is 35.5. The number of nitrogens with zero attached hydrogens (tertiary/aromatic N) is 7. The van der Waals surface area contributed by atoms with E-state index in [1.165, 1.54) is 13.0 Å². The number of aromatic amines is 2. The lowest BCUT2D eigenvalue weighted by Gasteiger charge is -2.11. The minimum atomic E-state index is -0.0984. The summed E-state index contributed by atoms with van der Waals surface area (Å²) in [6.07, 6.45) is 8.59. The number of ether oxygens (including phenoxy) is 6. The highest BCUT2D eigenvalue weighted by atomic mass is 32.1. The average Bonchev–Trinajstić information content (AvgIpc) is 1.73. The standard InChI is InChI=1S/C22H20N4O2.C22H20N2O3S.C20H16N4O2.C16H16O3.C7H8N2O.C7H8N2S.H4N2/c1-27-17-10-11-18(20(13-17)28-2)15-6-8-16(9-7-15)19-14-22(26-25-19)24-21-5-3-4-12-23-21;1-26-17-10-11-18(20(13-17)27-2)15-6-8-16(9-7-15)19(25)14-22(28)24-21-5-3-4-12-23-21;25-15-8-9-16(18(26)11-15)13-4-6-14(7-5-13)17-12-20(24-23-17)22-19-3-1-2-10-21-19;1-11(17)12-4-6-13(7-5-12)15-9-8-14(18-2)10-16(15)19-3;2*1-6(10)9-7-4-2-3-5-8-7;1-2/h3-14H,1-2H3,(H2,23,24,25,26);3-13H,14H2,1-2H3,(H,23,24,28);1-12,25-26H,(H2,21,22,23,24);4-10H,1-3H3;2*2-5H,1H3,(H,8,9,10);1-2H2. The molecule has 0 atom stereocenters. The Morgan fingerprint density at radius 2 is 0.691 bits per heavy atom. The van der Waals surface area contributed by atoms with Crippen molar-refractivity contribution in [2.75, 3.05) is 69.2 Å². The van der Waals surface area contributed by atoms with E-state index < -0.39 is 0 Å². The van der Waals surface area contributed by atoms with Crippen LogP contribution in [0.2, 0.25) is 0 Å². The number of thiocarbonyl (C=S) groups is 2. The van der Waals surface area contributed by atoms with Crippen LogP contribution in [0.5, 0.6) is 46.0 Å². The summed E-state index contributed by atoms with van der Waals surface area (Å²) >= 11 is 10.1. The largest absolute Gasteiger partial charge is 0.508 e. The first-order valence-electron chi connectivity index (χ1n) is 37.8. The van der Waals surface area contributed by atoms with Crippen LogP contribution in [0.1, 0.15) is 47.9 Å². The number of hydrogen-bond donors (Lipinski definition) is 11. The Hall–Kier alpha value is -15.6. The van der Waals surface area contributed by atoms with Crippen LogP contribution in [0.3, 0.4) is 0 Å². The van der Waals surface area contributed by atoms with Gasteiger partial charge in [0.05, 0.1) is 70.4 Å². The fourth-order valence-electron chi connectivity index (χ4n) is 11.6. The van der Waals surface area contributed by atoms with Gasteiger partial charge in [0.15, 0.2) is 23.2 Å². The number of anilines is 7. The molecule has 0 bridgehead atoms. The Morgan fingerprint density at radius 1 is 0.358 bits per heavy atom. The van der Waals surface area contributed by atoms with Crippen molar-refractivity contribution in [3.05, 3.63) is 315 Å². The molecule has 0 radical (unpaired) electrons. The predicted molar refractivity (Wildman–Crippen MR) is 493 cm³/mol. The van der Waals surface area contributed by atoms with Gasteiger partial charge < -0.3 is 65.2 Å². The number of amides is 1. The highest BCUT2D eigenvalue weighted by Gasteiger charge is 2.16. The van der Waals surface area contributed by atoms with Gasteiger partial charge in [-0.15, -0.1) is 0 Å². The second-order valence-electron chi connectivity index (χ2n) is 25.9. The third-order valence-corrected chi connectivity index (χ3v) is 17.9. The fraction of sp³-hybridized carbons (Fsp3) is 0.106. The molecular weight excluding hydrogens is 1590 g/mol. The third-order valence-electron chi connectivity index (χ3n) is 17.5. The molecule has 15 rings (SSSR count). The van der Waals surface area contributed by atoms with E-state index in [1.807, 2.05) is 207 Å². The zero-order valence-electron chi connectivity index (χ0n) is 68.7. The zero-order valence-corrected chi connectivity index (χ0v) is 70.4. The van der Waals surface area contributed by atoms with Crippen molar-refractivity contribution in [3.63, 3.8) is 0 Å². The zero-order chi connectivity index (χ0) is 87.8. The molecule has 15 aromatic rings. The van der Waals surface area contributed by atoms with Crippen molar-refractivity contribution >= 4 is 92.6 Å². The van der Waals surface area contributed by atoms with Gasteiger partial charge in [0.2, 0.25) is 5.91 Å². The Bertz CT molecular complexity index is 5800. The van der Waals surface area contributed by atoms with Crippen LogP contribution in [0.15, 0.2) is 304 Å². The number of phenolic OH excluding ortho intramolecular Hbond substituents is 2. The Balaban J connectivity index is 0.000000173. The van der Waals surface area contributed by atoms with Gasteiger partial charge in [-0.2, -0.15) is 10.2 Å². The molecule has 27 nitrogen and oxygen atoms in total. The summed E-state index contributed by atoms with van der Waals surface area (Å²) in [7, 11) is 9.78. The maximum absolute atomic E-state index is 12.5. The van der Waals surface area contributed by atoms with E-state index in [2.05, 4.69) is 108 Å². The third kappa shape index (κ3) is 28.3. The van der Waals surface area contributed by atoms with E-state index in [0.29, 0.717) is 44.9 Å². The maximum atomic E-state index is 12.5. The first-order chi connectivity index (χ1) is 59.8. The molecule has 1 amide bonds. The second-order valence-corrected chi connectivity index (χ2v) is 27.0. The Morgan fingerprint density at radius 3 is 1.02 bits per heavy atom. The van der Waals surface area contributed by atoms with Crippen molar-refractivity contribution in [3.8, 4) is 113 Å². The number of aromatic hydroxyl groups is 2. The highest BCUT2D eigenvalue weighted by molar-refractivity contribution is 7.80. The van der Waals surface area contributed by atoms with Crippen molar-refractivity contribution < 1.29 is 53.0 Å². The number of ketones is 2. The molecule has 0 spiro atoms. The van der Waals surface area contributed by atoms with Crippen molar-refractivity contribution in [2.45, 2.75) is 27.2 Å². The fourth-order valence-corrected chi connectivity index (χ4v) is 11.9. The van der Waals surface area contributed by atoms with Gasteiger partial charge in [0.25, 0.3) is 0 Å². The number of phenols is 2. The number of pyridine rings is 5. The number of carbonyl (C=O) groups is 3. The monoisotopic (exact) mass is 1680 g/mol. The predicted octanol–water partition coefficient (Wildman–Crippen LogP) is 19.2. The topological polar surface area (TPSA) is 381 Å². The van der Waals surface area contributed by atoms with Gasteiger partial charge in [0, 0.05) is 108 Å². The molecule has 0 saturated heterocycles. The van der Waals surface area contributed by atoms with E-state index >= 15 is 0 Å². The normalized spacial score (nSPS) is 10.0. The maximum Gasteiger partial charge on any atom is 0.222 e. The molecule has 7 heterocycles. The summed E-state index contributed by atoms with van der Waals surface area (Å²) in [6.45, 7) is 4.83. The number of Topliss-reactive ketones (excluding diaryl/α,β-unsaturated/α-hetero) is 2. The molecule has 29 heteroatoms. The average molecular weight is 1690 g/mol. The second kappa shape index (κ2) is 47.7. The number of aromatic nitrogens is 9. The van der Waals surface area contributed by atoms with Crippen LogP contribution in [-0.4, -0.2) is 126 Å². The number of hydrogen-bond acceptors (Lipinski definition) is 24. The van der Waals surface area contributed by atoms with Crippen molar-refractivity contribution in [1.29, 1.82) is 0 Å². The SMILES string of the molecule is CC(=O)Nc1ccccn1.CC(=S)Nc1ccccn1.COc1ccc(-c2ccc(-c3cc(Nc4ccccn4)n[nH]3)cc2)c(OC)c1.COc1ccc(-c2ccc(C(=O)CC(=S)Nc3ccccn3)cc2)c(OC)c1.COc1ccc(-c2ccc(C(C)=O)cc2)c(OC)c1.NN.Oc1ccc(-c2ccc(-c3cc(Nc4ccccn4)n[nH]3)cc2)c(O)c1. The lowest BCUT2D eigenvalue weighted by molar-refractivity contribution is -0.114. The number of carbonyl (C=O) groups excluding carboxylic acids is 3. The molecule has 0 aliphatic rings. The molecule has 123 heavy (non-hydrogen) atoms.